The molecule has 2 aromatic carbocycles. The summed E-state index contributed by atoms with van der Waals surface area (Å²) in [6.45, 7) is 0.759. The van der Waals surface area contributed by atoms with E-state index < -0.39 is 0 Å². The molecule has 0 bridgehead atoms. The van der Waals surface area contributed by atoms with E-state index in [1.54, 1.807) is 0 Å². The molecule has 0 atom stereocenters. The predicted molar refractivity (Wildman–Crippen MR) is 86.2 cm³/mol. The number of nitrogens with one attached hydrogen (secondary N) is 1. The van der Waals surface area contributed by atoms with Gasteiger partial charge >= 0.3 is 0 Å². The Balaban J connectivity index is 1.67. The summed E-state index contributed by atoms with van der Waals surface area (Å²) in [5.41, 5.74) is 6.68. The van der Waals surface area contributed by atoms with E-state index in [1.165, 1.54) is 0 Å². The Morgan fingerprint density at radius 3 is 2.57 bits per heavy atom. The summed E-state index contributed by atoms with van der Waals surface area (Å²) in [6, 6.07) is 14.2. The van der Waals surface area contributed by atoms with E-state index in [-0.39, 0.29) is 5.91 Å². The molecule has 1 fully saturated rings. The molecular weight excluding hydrogens is 260 g/mol. The summed E-state index contributed by atoms with van der Waals surface area (Å²) in [5.74, 6) is 0.602. The Hall–Kier alpha value is -1.87. The van der Waals surface area contributed by atoms with E-state index in [4.69, 9.17) is 5.73 Å². The third-order valence-electron chi connectivity index (χ3n) is 4.48. The molecule has 1 saturated carbocycles. The second-order valence-corrected chi connectivity index (χ2v) is 6.02. The van der Waals surface area contributed by atoms with Crippen LogP contribution < -0.4 is 11.1 Å². The van der Waals surface area contributed by atoms with E-state index in [2.05, 4.69) is 5.32 Å². The van der Waals surface area contributed by atoms with E-state index in [1.807, 2.05) is 42.5 Å². The second-order valence-electron chi connectivity index (χ2n) is 6.02. The van der Waals surface area contributed by atoms with Gasteiger partial charge in [0, 0.05) is 18.2 Å². The van der Waals surface area contributed by atoms with Gasteiger partial charge in [0.05, 0.1) is 0 Å². The Morgan fingerprint density at radius 1 is 1.05 bits per heavy atom. The molecule has 3 rings (SSSR count). The highest BCUT2D eigenvalue weighted by molar-refractivity contribution is 6.06. The minimum Gasteiger partial charge on any atom is -0.352 e. The maximum atomic E-state index is 12.4. The van der Waals surface area contributed by atoms with Gasteiger partial charge in [-0.15, -0.1) is 0 Å². The molecule has 21 heavy (non-hydrogen) atoms. The molecule has 0 saturated heterocycles. The highest BCUT2D eigenvalue weighted by atomic mass is 16.1. The van der Waals surface area contributed by atoms with Gasteiger partial charge in [-0.3, -0.25) is 4.79 Å². The number of rotatable bonds is 3. The summed E-state index contributed by atoms with van der Waals surface area (Å²) in [5, 5.41) is 5.22. The van der Waals surface area contributed by atoms with Crippen LogP contribution in [-0.2, 0) is 0 Å². The van der Waals surface area contributed by atoms with E-state index in [9.17, 15) is 4.79 Å². The van der Waals surface area contributed by atoms with Crippen LogP contribution in [0, 0.1) is 5.92 Å². The van der Waals surface area contributed by atoms with Crippen molar-refractivity contribution in [3.63, 3.8) is 0 Å². The van der Waals surface area contributed by atoms with E-state index >= 15 is 0 Å². The van der Waals surface area contributed by atoms with Crippen LogP contribution >= 0.6 is 0 Å². The number of nitrogens with two attached hydrogens (primary N) is 1. The molecule has 0 radical (unpaired) electrons. The highest BCUT2D eigenvalue weighted by Gasteiger charge is 2.19. The van der Waals surface area contributed by atoms with Crippen LogP contribution in [0.5, 0.6) is 0 Å². The van der Waals surface area contributed by atoms with Crippen molar-refractivity contribution in [3.05, 3.63) is 48.0 Å². The summed E-state index contributed by atoms with van der Waals surface area (Å²) in [4.78, 5) is 12.4. The minimum absolute atomic E-state index is 0.0293. The van der Waals surface area contributed by atoms with Crippen LogP contribution in [0.2, 0.25) is 0 Å². The van der Waals surface area contributed by atoms with Crippen molar-refractivity contribution < 1.29 is 4.79 Å². The summed E-state index contributed by atoms with van der Waals surface area (Å²) >= 11 is 0. The van der Waals surface area contributed by atoms with Crippen LogP contribution in [-0.4, -0.2) is 18.5 Å². The van der Waals surface area contributed by atoms with E-state index in [0.29, 0.717) is 12.0 Å². The van der Waals surface area contributed by atoms with Crippen molar-refractivity contribution >= 4 is 16.7 Å². The Labute approximate surface area is 125 Å². The Bertz CT molecular complexity index is 625. The quantitative estimate of drug-likeness (QED) is 0.909. The van der Waals surface area contributed by atoms with Gasteiger partial charge in [-0.05, 0) is 48.4 Å². The summed E-state index contributed by atoms with van der Waals surface area (Å²) < 4.78 is 0. The van der Waals surface area contributed by atoms with Gasteiger partial charge in [-0.25, -0.2) is 0 Å². The predicted octanol–water partition coefficient (Wildman–Crippen LogP) is 3.09. The van der Waals surface area contributed by atoms with Crippen LogP contribution in [0.15, 0.2) is 42.5 Å². The zero-order valence-corrected chi connectivity index (χ0v) is 12.2. The Kier molecular flexibility index (Phi) is 4.20. The van der Waals surface area contributed by atoms with Crippen LogP contribution in [0.3, 0.4) is 0 Å². The largest absolute Gasteiger partial charge is 0.352 e. The number of carbonyl (C=O) groups excluding carboxylic acids is 1. The fraction of sp³-hybridized carbons (Fsp3) is 0.389. The second kappa shape index (κ2) is 6.27. The van der Waals surface area contributed by atoms with Crippen LogP contribution in [0.4, 0.5) is 0 Å². The lowest BCUT2D eigenvalue weighted by Crippen LogP contribution is -2.34. The molecule has 3 N–H and O–H groups in total. The molecule has 2 aromatic rings. The smallest absolute Gasteiger partial charge is 0.251 e. The van der Waals surface area contributed by atoms with Gasteiger partial charge in [-0.1, -0.05) is 36.4 Å². The average molecular weight is 282 g/mol. The first-order valence-corrected chi connectivity index (χ1v) is 7.75. The molecule has 0 heterocycles. The number of carbonyl (C=O) groups is 1. The maximum absolute atomic E-state index is 12.4. The number of amides is 1. The first-order valence-electron chi connectivity index (χ1n) is 7.75. The third kappa shape index (κ3) is 3.24. The molecule has 0 spiro atoms. The lowest BCUT2D eigenvalue weighted by atomic mass is 9.86. The molecule has 3 nitrogen and oxygen atoms in total. The Morgan fingerprint density at radius 2 is 1.76 bits per heavy atom. The summed E-state index contributed by atoms with van der Waals surface area (Å²) in [7, 11) is 0. The van der Waals surface area contributed by atoms with Gasteiger partial charge < -0.3 is 11.1 Å². The van der Waals surface area contributed by atoms with E-state index in [0.717, 1.165) is 48.6 Å². The fourth-order valence-electron chi connectivity index (χ4n) is 3.15. The molecular formula is C18H22N2O. The van der Waals surface area contributed by atoms with Crippen molar-refractivity contribution in [2.24, 2.45) is 11.7 Å². The first kappa shape index (κ1) is 14.1. The highest BCUT2D eigenvalue weighted by Crippen LogP contribution is 2.23. The topological polar surface area (TPSA) is 55.1 Å². The molecule has 1 amide bonds. The lowest BCUT2D eigenvalue weighted by Gasteiger charge is -2.26. The van der Waals surface area contributed by atoms with Crippen molar-refractivity contribution in [2.75, 3.05) is 6.54 Å². The molecule has 1 aliphatic rings. The number of hydrogen-bond donors (Lipinski definition) is 2. The molecule has 3 heteroatoms. The average Bonchev–Trinajstić information content (AvgIpc) is 2.53. The lowest BCUT2D eigenvalue weighted by molar-refractivity contribution is 0.0944. The van der Waals surface area contributed by atoms with Crippen molar-refractivity contribution in [2.45, 2.75) is 31.7 Å². The molecule has 0 aromatic heterocycles. The van der Waals surface area contributed by atoms with Crippen molar-refractivity contribution in [1.82, 2.24) is 5.32 Å². The van der Waals surface area contributed by atoms with Crippen LogP contribution in [0.1, 0.15) is 36.0 Å². The van der Waals surface area contributed by atoms with Gasteiger partial charge in [-0.2, -0.15) is 0 Å². The first-order chi connectivity index (χ1) is 10.2. The monoisotopic (exact) mass is 282 g/mol. The third-order valence-corrected chi connectivity index (χ3v) is 4.48. The SMILES string of the molecule is NC1CCC(CNC(=O)c2cccc3ccccc23)CC1. The normalized spacial score (nSPS) is 22.1. The van der Waals surface area contributed by atoms with Gasteiger partial charge in [0.1, 0.15) is 0 Å². The number of hydrogen-bond acceptors (Lipinski definition) is 2. The number of benzene rings is 2. The van der Waals surface area contributed by atoms with Crippen LogP contribution in [0.25, 0.3) is 10.8 Å². The minimum atomic E-state index is 0.0293. The van der Waals surface area contributed by atoms with Crippen molar-refractivity contribution in [3.8, 4) is 0 Å². The standard InChI is InChI=1S/C18H22N2O/c19-15-10-8-13(9-11-15)12-20-18(21)17-7-3-5-14-4-1-2-6-16(14)17/h1-7,13,15H,8-12,19H2,(H,20,21). The molecule has 110 valence electrons. The molecule has 1 aliphatic carbocycles. The summed E-state index contributed by atoms with van der Waals surface area (Å²) in [6.07, 6.45) is 4.40. The number of fused-ring (bicyclic) bond motifs is 1. The zero-order chi connectivity index (χ0) is 14.7. The molecule has 0 aliphatic heterocycles. The van der Waals surface area contributed by atoms with Gasteiger partial charge in [0.2, 0.25) is 0 Å². The van der Waals surface area contributed by atoms with Gasteiger partial charge in [0.15, 0.2) is 0 Å². The van der Waals surface area contributed by atoms with Crippen molar-refractivity contribution in [1.29, 1.82) is 0 Å². The fourth-order valence-corrected chi connectivity index (χ4v) is 3.15. The molecule has 0 unspecified atom stereocenters. The zero-order valence-electron chi connectivity index (χ0n) is 12.2. The van der Waals surface area contributed by atoms with Gasteiger partial charge in [0.25, 0.3) is 5.91 Å². The maximum Gasteiger partial charge on any atom is 0.251 e.